The second-order valence-electron chi connectivity index (χ2n) is 6.17. The van der Waals surface area contributed by atoms with Crippen molar-refractivity contribution >= 4 is 5.97 Å². The van der Waals surface area contributed by atoms with Crippen LogP contribution >= 0.6 is 0 Å². The van der Waals surface area contributed by atoms with Gasteiger partial charge in [-0.3, -0.25) is 4.79 Å². The number of ether oxygens (including phenoxy) is 1. The molecule has 1 fully saturated rings. The molecule has 0 aromatic carbocycles. The zero-order valence-corrected chi connectivity index (χ0v) is 11.4. The number of unbranched alkanes of at least 4 members (excludes halogenated alkanes) is 1. The van der Waals surface area contributed by atoms with Crippen molar-refractivity contribution in [1.29, 1.82) is 0 Å². The molecule has 0 amide bonds. The number of rotatable bonds is 5. The van der Waals surface area contributed by atoms with E-state index in [9.17, 15) is 4.79 Å². The highest BCUT2D eigenvalue weighted by atomic mass is 16.6. The van der Waals surface area contributed by atoms with Crippen molar-refractivity contribution in [3.05, 3.63) is 0 Å². The summed E-state index contributed by atoms with van der Waals surface area (Å²) in [6, 6.07) is 0. The number of aliphatic hydroxyl groups excluding tert-OH is 1. The Kier molecular flexibility index (Phi) is 4.99. The third-order valence-corrected chi connectivity index (χ3v) is 3.46. The van der Waals surface area contributed by atoms with E-state index in [-0.39, 0.29) is 18.0 Å². The third-order valence-electron chi connectivity index (χ3n) is 3.46. The minimum atomic E-state index is -0.399. The molecule has 0 bridgehead atoms. The fourth-order valence-corrected chi connectivity index (χ4v) is 2.57. The van der Waals surface area contributed by atoms with Gasteiger partial charge in [0.15, 0.2) is 0 Å². The van der Waals surface area contributed by atoms with E-state index in [1.54, 1.807) is 0 Å². The van der Waals surface area contributed by atoms with E-state index in [1.165, 1.54) is 0 Å². The average Bonchev–Trinajstić information content (AvgIpc) is 2.65. The van der Waals surface area contributed by atoms with Crippen molar-refractivity contribution < 1.29 is 14.6 Å². The zero-order chi connectivity index (χ0) is 12.9. The number of carbonyl (C=O) groups excluding carboxylic acids is 1. The summed E-state index contributed by atoms with van der Waals surface area (Å²) in [5, 5.41) is 8.83. The minimum absolute atomic E-state index is 0.0274. The highest BCUT2D eigenvalue weighted by Gasteiger charge is 2.43. The monoisotopic (exact) mass is 242 g/mol. The van der Waals surface area contributed by atoms with Gasteiger partial charge in [0.05, 0.1) is 5.41 Å². The van der Waals surface area contributed by atoms with Crippen molar-refractivity contribution in [2.45, 2.75) is 71.3 Å². The molecule has 0 heterocycles. The van der Waals surface area contributed by atoms with Gasteiger partial charge in [0.2, 0.25) is 0 Å². The second kappa shape index (κ2) is 5.85. The summed E-state index contributed by atoms with van der Waals surface area (Å²) in [7, 11) is 0. The van der Waals surface area contributed by atoms with Crippen LogP contribution in [0.2, 0.25) is 0 Å². The molecule has 1 aliphatic carbocycles. The summed E-state index contributed by atoms with van der Waals surface area (Å²) < 4.78 is 5.55. The van der Waals surface area contributed by atoms with E-state index in [4.69, 9.17) is 9.84 Å². The van der Waals surface area contributed by atoms with Crippen molar-refractivity contribution in [2.75, 3.05) is 6.61 Å². The lowest BCUT2D eigenvalue weighted by Gasteiger charge is -2.31. The molecule has 1 N–H and O–H groups in total. The minimum Gasteiger partial charge on any atom is -0.460 e. The average molecular weight is 242 g/mol. The molecule has 17 heavy (non-hydrogen) atoms. The molecule has 0 atom stereocenters. The standard InChI is InChI=1S/C14H26O3/c1-13(2,3)17-12(16)14(8-4-5-9-14)10-6-7-11-15/h15H,4-11H2,1-3H3. The predicted octanol–water partition coefficient (Wildman–Crippen LogP) is 3.05. The lowest BCUT2D eigenvalue weighted by atomic mass is 9.81. The molecule has 3 heteroatoms. The van der Waals surface area contributed by atoms with Crippen LogP contribution < -0.4 is 0 Å². The van der Waals surface area contributed by atoms with E-state index in [2.05, 4.69) is 0 Å². The maximum atomic E-state index is 12.3. The van der Waals surface area contributed by atoms with Crippen LogP contribution in [-0.4, -0.2) is 23.3 Å². The van der Waals surface area contributed by atoms with Crippen LogP contribution in [0.5, 0.6) is 0 Å². The summed E-state index contributed by atoms with van der Waals surface area (Å²) in [6.45, 7) is 5.97. The van der Waals surface area contributed by atoms with Gasteiger partial charge in [0.25, 0.3) is 0 Å². The van der Waals surface area contributed by atoms with Crippen LogP contribution in [0.15, 0.2) is 0 Å². The van der Waals surface area contributed by atoms with Gasteiger partial charge in [-0.05, 0) is 46.5 Å². The number of aliphatic hydroxyl groups is 1. The van der Waals surface area contributed by atoms with Gasteiger partial charge >= 0.3 is 5.97 Å². The van der Waals surface area contributed by atoms with Crippen LogP contribution in [0.25, 0.3) is 0 Å². The molecule has 1 saturated carbocycles. The summed E-state index contributed by atoms with van der Waals surface area (Å²) in [5.74, 6) is -0.0274. The zero-order valence-electron chi connectivity index (χ0n) is 11.4. The second-order valence-corrected chi connectivity index (χ2v) is 6.17. The van der Waals surface area contributed by atoms with Crippen LogP contribution in [0, 0.1) is 5.41 Å². The molecule has 1 aliphatic rings. The Morgan fingerprint density at radius 3 is 2.29 bits per heavy atom. The Labute approximate surface area is 105 Å². The maximum Gasteiger partial charge on any atom is 0.312 e. The molecular formula is C14H26O3. The fraction of sp³-hybridized carbons (Fsp3) is 0.929. The third kappa shape index (κ3) is 4.30. The van der Waals surface area contributed by atoms with Gasteiger partial charge in [-0.2, -0.15) is 0 Å². The summed E-state index contributed by atoms with van der Waals surface area (Å²) >= 11 is 0. The van der Waals surface area contributed by atoms with Gasteiger partial charge in [-0.15, -0.1) is 0 Å². The normalized spacial score (nSPS) is 19.3. The van der Waals surface area contributed by atoms with Gasteiger partial charge in [0.1, 0.15) is 5.60 Å². The highest BCUT2D eigenvalue weighted by molar-refractivity contribution is 5.77. The first-order valence-corrected chi connectivity index (χ1v) is 6.74. The Bertz CT molecular complexity index is 247. The molecule has 1 rings (SSSR count). The highest BCUT2D eigenvalue weighted by Crippen LogP contribution is 2.44. The van der Waals surface area contributed by atoms with Crippen LogP contribution in [0.4, 0.5) is 0 Å². The molecule has 0 saturated heterocycles. The van der Waals surface area contributed by atoms with E-state index in [0.717, 1.165) is 44.9 Å². The number of hydrogen-bond acceptors (Lipinski definition) is 3. The van der Waals surface area contributed by atoms with E-state index >= 15 is 0 Å². The van der Waals surface area contributed by atoms with Crippen molar-refractivity contribution in [2.24, 2.45) is 5.41 Å². The fourth-order valence-electron chi connectivity index (χ4n) is 2.57. The Morgan fingerprint density at radius 1 is 1.24 bits per heavy atom. The molecule has 0 aliphatic heterocycles. The van der Waals surface area contributed by atoms with Crippen molar-refractivity contribution in [3.63, 3.8) is 0 Å². The quantitative estimate of drug-likeness (QED) is 0.595. The first-order chi connectivity index (χ1) is 7.90. The lowest BCUT2D eigenvalue weighted by molar-refractivity contribution is -0.168. The van der Waals surface area contributed by atoms with Gasteiger partial charge in [-0.25, -0.2) is 0 Å². The van der Waals surface area contributed by atoms with Gasteiger partial charge in [0, 0.05) is 6.61 Å². The lowest BCUT2D eigenvalue weighted by Crippen LogP contribution is -2.36. The number of esters is 1. The first-order valence-electron chi connectivity index (χ1n) is 6.74. The van der Waals surface area contributed by atoms with Gasteiger partial charge < -0.3 is 9.84 Å². The molecule has 3 nitrogen and oxygen atoms in total. The number of carbonyl (C=O) groups is 1. The van der Waals surface area contributed by atoms with E-state index in [0.29, 0.717) is 0 Å². The van der Waals surface area contributed by atoms with Crippen molar-refractivity contribution in [1.82, 2.24) is 0 Å². The maximum absolute atomic E-state index is 12.3. The first kappa shape index (κ1) is 14.5. The molecule has 0 aromatic heterocycles. The smallest absolute Gasteiger partial charge is 0.312 e. The molecule has 0 unspecified atom stereocenters. The van der Waals surface area contributed by atoms with Crippen LogP contribution in [-0.2, 0) is 9.53 Å². The van der Waals surface area contributed by atoms with Crippen LogP contribution in [0.1, 0.15) is 65.7 Å². The Morgan fingerprint density at radius 2 is 1.82 bits per heavy atom. The largest absolute Gasteiger partial charge is 0.460 e. The molecular weight excluding hydrogens is 216 g/mol. The topological polar surface area (TPSA) is 46.5 Å². The SMILES string of the molecule is CC(C)(C)OC(=O)C1(CCCCO)CCCC1. The molecule has 0 spiro atoms. The van der Waals surface area contributed by atoms with E-state index in [1.807, 2.05) is 20.8 Å². The van der Waals surface area contributed by atoms with Crippen LogP contribution in [0.3, 0.4) is 0 Å². The predicted molar refractivity (Wildman–Crippen MR) is 67.7 cm³/mol. The van der Waals surface area contributed by atoms with Gasteiger partial charge in [-0.1, -0.05) is 19.3 Å². The summed E-state index contributed by atoms with van der Waals surface area (Å²) in [6.07, 6.45) is 6.71. The Hall–Kier alpha value is -0.570. The molecule has 0 aromatic rings. The number of hydrogen-bond donors (Lipinski definition) is 1. The summed E-state index contributed by atoms with van der Waals surface area (Å²) in [5.41, 5.74) is -0.661. The van der Waals surface area contributed by atoms with E-state index < -0.39 is 5.60 Å². The molecule has 0 radical (unpaired) electrons. The Balaban J connectivity index is 2.60. The van der Waals surface area contributed by atoms with Crippen molar-refractivity contribution in [3.8, 4) is 0 Å². The summed E-state index contributed by atoms with van der Waals surface area (Å²) in [4.78, 5) is 12.3. The molecule has 100 valence electrons.